The summed E-state index contributed by atoms with van der Waals surface area (Å²) < 4.78 is 40.4. The van der Waals surface area contributed by atoms with E-state index in [0.717, 1.165) is 17.5 Å². The number of halogens is 3. The molecular weight excluding hydrogens is 371 g/mol. The number of hydrogen-bond donors (Lipinski definition) is 0. The van der Waals surface area contributed by atoms with Crippen molar-refractivity contribution in [3.63, 3.8) is 0 Å². The highest BCUT2D eigenvalue weighted by Gasteiger charge is 2.30. The molecule has 0 unspecified atom stereocenters. The Morgan fingerprint density at radius 1 is 1.04 bits per heavy atom. The minimum atomic E-state index is -4.33. The Morgan fingerprint density at radius 3 is 2.37 bits per heavy atom. The van der Waals surface area contributed by atoms with Crippen molar-refractivity contribution in [1.82, 2.24) is 14.8 Å². The average Bonchev–Trinajstić information content (AvgIpc) is 3.00. The molecule has 7 heteroatoms. The van der Waals surface area contributed by atoms with Gasteiger partial charge in [0.15, 0.2) is 11.0 Å². The predicted octanol–water partition coefficient (Wildman–Crippen LogP) is 5.92. The van der Waals surface area contributed by atoms with Crippen LogP contribution in [-0.4, -0.2) is 14.8 Å². The zero-order valence-electron chi connectivity index (χ0n) is 15.3. The number of thioether (sulfide) groups is 1. The van der Waals surface area contributed by atoms with Crippen molar-refractivity contribution in [3.8, 4) is 11.4 Å². The summed E-state index contributed by atoms with van der Waals surface area (Å²) in [5.74, 6) is 1.58. The van der Waals surface area contributed by atoms with E-state index in [9.17, 15) is 13.2 Å². The number of hydrogen-bond acceptors (Lipinski definition) is 3. The first-order chi connectivity index (χ1) is 12.8. The third kappa shape index (κ3) is 4.53. The first kappa shape index (κ1) is 19.5. The van der Waals surface area contributed by atoms with E-state index in [4.69, 9.17) is 0 Å². The summed E-state index contributed by atoms with van der Waals surface area (Å²) >= 11 is 1.37. The summed E-state index contributed by atoms with van der Waals surface area (Å²) in [7, 11) is 1.86. The highest BCUT2D eigenvalue weighted by molar-refractivity contribution is 7.98. The molecule has 0 amide bonds. The van der Waals surface area contributed by atoms with Crippen molar-refractivity contribution in [2.75, 3.05) is 0 Å². The summed E-state index contributed by atoms with van der Waals surface area (Å²) in [6, 6.07) is 13.5. The minimum Gasteiger partial charge on any atom is -0.305 e. The fraction of sp³-hybridized carbons (Fsp3) is 0.300. The SMILES string of the molecule is CC(C)c1ccc(-c2nnc(SCc3cccc(C(F)(F)F)c3)n2C)cc1. The second kappa shape index (κ2) is 7.76. The molecule has 0 saturated heterocycles. The third-order valence-corrected chi connectivity index (χ3v) is 5.38. The topological polar surface area (TPSA) is 30.7 Å². The van der Waals surface area contributed by atoms with Gasteiger partial charge in [0.2, 0.25) is 0 Å². The Hall–Kier alpha value is -2.28. The summed E-state index contributed by atoms with van der Waals surface area (Å²) in [4.78, 5) is 0. The smallest absolute Gasteiger partial charge is 0.305 e. The van der Waals surface area contributed by atoms with Crippen LogP contribution in [0.2, 0.25) is 0 Å². The van der Waals surface area contributed by atoms with Crippen molar-refractivity contribution in [2.24, 2.45) is 7.05 Å². The maximum atomic E-state index is 12.8. The van der Waals surface area contributed by atoms with Gasteiger partial charge in [-0.1, -0.05) is 68.1 Å². The van der Waals surface area contributed by atoms with Gasteiger partial charge in [-0.15, -0.1) is 10.2 Å². The van der Waals surface area contributed by atoms with Gasteiger partial charge in [0.25, 0.3) is 0 Å². The second-order valence-electron chi connectivity index (χ2n) is 6.63. The lowest BCUT2D eigenvalue weighted by molar-refractivity contribution is -0.137. The first-order valence-corrected chi connectivity index (χ1v) is 9.53. The lowest BCUT2D eigenvalue weighted by Gasteiger charge is -2.09. The van der Waals surface area contributed by atoms with Crippen LogP contribution in [0.25, 0.3) is 11.4 Å². The molecule has 3 aromatic rings. The Bertz CT molecular complexity index is 915. The number of alkyl halides is 3. The number of nitrogens with zero attached hydrogens (tertiary/aromatic N) is 3. The molecule has 0 aliphatic heterocycles. The average molecular weight is 391 g/mol. The lowest BCUT2D eigenvalue weighted by Crippen LogP contribution is -2.05. The van der Waals surface area contributed by atoms with E-state index < -0.39 is 11.7 Å². The molecule has 0 fully saturated rings. The summed E-state index contributed by atoms with van der Waals surface area (Å²) in [5, 5.41) is 9.09. The van der Waals surface area contributed by atoms with Crippen LogP contribution in [0.15, 0.2) is 53.7 Å². The van der Waals surface area contributed by atoms with Gasteiger partial charge in [-0.05, 0) is 23.1 Å². The van der Waals surface area contributed by atoms with Crippen LogP contribution in [0.1, 0.15) is 36.5 Å². The van der Waals surface area contributed by atoms with Crippen molar-refractivity contribution in [1.29, 1.82) is 0 Å². The van der Waals surface area contributed by atoms with Gasteiger partial charge < -0.3 is 4.57 Å². The van der Waals surface area contributed by atoms with E-state index in [2.05, 4.69) is 36.2 Å². The van der Waals surface area contributed by atoms with Crippen molar-refractivity contribution >= 4 is 11.8 Å². The molecule has 0 aliphatic carbocycles. The van der Waals surface area contributed by atoms with Crippen LogP contribution in [0, 0.1) is 0 Å². The van der Waals surface area contributed by atoms with Crippen molar-refractivity contribution < 1.29 is 13.2 Å². The summed E-state index contributed by atoms with van der Waals surface area (Å²) in [5.41, 5.74) is 2.17. The molecule has 0 atom stereocenters. The van der Waals surface area contributed by atoms with E-state index in [1.54, 1.807) is 6.07 Å². The number of rotatable bonds is 5. The molecule has 0 aliphatic rings. The maximum Gasteiger partial charge on any atom is 0.416 e. The molecule has 0 saturated carbocycles. The van der Waals surface area contributed by atoms with Crippen LogP contribution in [-0.2, 0) is 19.0 Å². The van der Waals surface area contributed by atoms with Crippen LogP contribution >= 0.6 is 11.8 Å². The van der Waals surface area contributed by atoms with Gasteiger partial charge >= 0.3 is 6.18 Å². The molecule has 3 nitrogen and oxygen atoms in total. The largest absolute Gasteiger partial charge is 0.416 e. The maximum absolute atomic E-state index is 12.8. The Kier molecular flexibility index (Phi) is 5.60. The molecule has 3 rings (SSSR count). The van der Waals surface area contributed by atoms with Crippen LogP contribution < -0.4 is 0 Å². The Morgan fingerprint density at radius 2 is 1.74 bits per heavy atom. The van der Waals surface area contributed by atoms with Gasteiger partial charge in [0.05, 0.1) is 5.56 Å². The van der Waals surface area contributed by atoms with Crippen LogP contribution in [0.4, 0.5) is 13.2 Å². The highest BCUT2D eigenvalue weighted by Crippen LogP contribution is 2.31. The number of benzene rings is 2. The zero-order chi connectivity index (χ0) is 19.6. The monoisotopic (exact) mass is 391 g/mol. The zero-order valence-corrected chi connectivity index (χ0v) is 16.1. The summed E-state index contributed by atoms with van der Waals surface area (Å²) in [6.07, 6.45) is -4.33. The fourth-order valence-electron chi connectivity index (χ4n) is 2.69. The lowest BCUT2D eigenvalue weighted by atomic mass is 10.0. The third-order valence-electron chi connectivity index (χ3n) is 4.29. The molecule has 0 N–H and O–H groups in total. The van der Waals surface area contributed by atoms with E-state index >= 15 is 0 Å². The second-order valence-corrected chi connectivity index (χ2v) is 7.57. The molecule has 0 radical (unpaired) electrons. The highest BCUT2D eigenvalue weighted by atomic mass is 32.2. The minimum absolute atomic E-state index is 0.391. The quantitative estimate of drug-likeness (QED) is 0.506. The molecule has 142 valence electrons. The van der Waals surface area contributed by atoms with E-state index in [1.165, 1.54) is 29.5 Å². The van der Waals surface area contributed by atoms with Gasteiger partial charge in [0.1, 0.15) is 0 Å². The van der Waals surface area contributed by atoms with E-state index in [1.807, 2.05) is 23.7 Å². The standard InChI is InChI=1S/C20H20F3N3S/c1-13(2)15-7-9-16(10-8-15)18-24-25-19(26(18)3)27-12-14-5-4-6-17(11-14)20(21,22)23/h4-11,13H,12H2,1-3H3. The normalized spacial score (nSPS) is 12.0. The molecule has 27 heavy (non-hydrogen) atoms. The van der Waals surface area contributed by atoms with Gasteiger partial charge in [-0.25, -0.2) is 0 Å². The number of aromatic nitrogens is 3. The predicted molar refractivity (Wildman–Crippen MR) is 102 cm³/mol. The van der Waals surface area contributed by atoms with E-state index in [-0.39, 0.29) is 0 Å². The van der Waals surface area contributed by atoms with Crippen LogP contribution in [0.3, 0.4) is 0 Å². The fourth-order valence-corrected chi connectivity index (χ4v) is 3.55. The van der Waals surface area contributed by atoms with Gasteiger partial charge in [-0.2, -0.15) is 13.2 Å². The van der Waals surface area contributed by atoms with Gasteiger partial charge in [-0.3, -0.25) is 0 Å². The van der Waals surface area contributed by atoms with Crippen molar-refractivity contribution in [2.45, 2.75) is 36.9 Å². The molecular formula is C20H20F3N3S. The molecule has 0 bridgehead atoms. The van der Waals surface area contributed by atoms with Gasteiger partial charge in [0, 0.05) is 18.4 Å². The van der Waals surface area contributed by atoms with Crippen LogP contribution in [0.5, 0.6) is 0 Å². The van der Waals surface area contributed by atoms with Crippen molar-refractivity contribution in [3.05, 3.63) is 65.2 Å². The Balaban J connectivity index is 1.74. The Labute approximate surface area is 160 Å². The molecule has 1 aromatic heterocycles. The molecule has 1 heterocycles. The first-order valence-electron chi connectivity index (χ1n) is 8.54. The molecule has 0 spiro atoms. The molecule has 2 aromatic carbocycles. The van der Waals surface area contributed by atoms with E-state index in [0.29, 0.717) is 22.4 Å². The summed E-state index contributed by atoms with van der Waals surface area (Å²) in [6.45, 7) is 4.28.